The van der Waals surface area contributed by atoms with E-state index in [0.717, 1.165) is 23.4 Å². The van der Waals surface area contributed by atoms with Gasteiger partial charge in [0.1, 0.15) is 0 Å². The summed E-state index contributed by atoms with van der Waals surface area (Å²) in [4.78, 5) is 1.61. The van der Waals surface area contributed by atoms with E-state index in [-0.39, 0.29) is 6.54 Å². The maximum absolute atomic E-state index is 12.4. The molecule has 0 saturated carbocycles. The Morgan fingerprint density at radius 3 is 2.65 bits per heavy atom. The molecule has 0 amide bonds. The van der Waals surface area contributed by atoms with Gasteiger partial charge in [0.15, 0.2) is 0 Å². The molecule has 96 valence electrons. The quantitative estimate of drug-likeness (QED) is 0.825. The first-order valence-electron chi connectivity index (χ1n) is 5.84. The second kappa shape index (κ2) is 6.55. The molecule has 0 fully saturated rings. The van der Waals surface area contributed by atoms with E-state index in [2.05, 4.69) is 5.32 Å². The van der Waals surface area contributed by atoms with Gasteiger partial charge >= 0.3 is 0 Å². The molecule has 0 heterocycles. The van der Waals surface area contributed by atoms with Crippen molar-refractivity contribution in [3.8, 4) is 0 Å². The van der Waals surface area contributed by atoms with E-state index in [4.69, 9.17) is 0 Å². The van der Waals surface area contributed by atoms with Crippen molar-refractivity contribution < 1.29 is 8.78 Å². The first kappa shape index (κ1) is 13.9. The van der Waals surface area contributed by atoms with Crippen LogP contribution in [-0.2, 0) is 6.54 Å². The zero-order chi connectivity index (χ0) is 12.8. The van der Waals surface area contributed by atoms with Gasteiger partial charge in [0.2, 0.25) is 0 Å². The highest BCUT2D eigenvalue weighted by Crippen LogP contribution is 2.21. The Hall–Kier alpha value is -1.16. The van der Waals surface area contributed by atoms with Gasteiger partial charge in [-0.05, 0) is 25.1 Å². The lowest BCUT2D eigenvalue weighted by Crippen LogP contribution is -2.26. The second-order valence-corrected chi connectivity index (χ2v) is 4.18. The number of rotatable bonds is 6. The summed E-state index contributed by atoms with van der Waals surface area (Å²) in [6.07, 6.45) is -2.31. The summed E-state index contributed by atoms with van der Waals surface area (Å²) in [6.45, 7) is 5.37. The first-order chi connectivity index (χ1) is 8.04. The van der Waals surface area contributed by atoms with Crippen LogP contribution in [0, 0.1) is 6.92 Å². The SMILES string of the molecule is CCNCc1cc(C)ccc1N(C)CC(F)F. The number of aryl methyl sites for hydroxylation is 1. The smallest absolute Gasteiger partial charge is 0.255 e. The van der Waals surface area contributed by atoms with Crippen molar-refractivity contribution in [3.05, 3.63) is 29.3 Å². The van der Waals surface area contributed by atoms with Crippen molar-refractivity contribution in [2.75, 3.05) is 25.0 Å². The molecule has 0 aliphatic carbocycles. The van der Waals surface area contributed by atoms with Crippen LogP contribution in [0.15, 0.2) is 18.2 Å². The molecule has 0 atom stereocenters. The van der Waals surface area contributed by atoms with Gasteiger partial charge < -0.3 is 10.2 Å². The lowest BCUT2D eigenvalue weighted by molar-refractivity contribution is 0.156. The third-order valence-electron chi connectivity index (χ3n) is 2.62. The minimum Gasteiger partial charge on any atom is -0.369 e. The van der Waals surface area contributed by atoms with E-state index in [9.17, 15) is 8.78 Å². The highest BCUT2D eigenvalue weighted by Gasteiger charge is 2.12. The summed E-state index contributed by atoms with van der Waals surface area (Å²) in [6, 6.07) is 5.90. The van der Waals surface area contributed by atoms with Gasteiger partial charge in [0.05, 0.1) is 6.54 Å². The molecule has 0 unspecified atom stereocenters. The van der Waals surface area contributed by atoms with E-state index in [1.54, 1.807) is 11.9 Å². The molecular formula is C13H20F2N2. The van der Waals surface area contributed by atoms with Gasteiger partial charge in [-0.2, -0.15) is 0 Å². The van der Waals surface area contributed by atoms with Gasteiger partial charge in [0.25, 0.3) is 6.43 Å². The lowest BCUT2D eigenvalue weighted by Gasteiger charge is -2.22. The Kier molecular flexibility index (Phi) is 5.35. The predicted molar refractivity (Wildman–Crippen MR) is 67.8 cm³/mol. The van der Waals surface area contributed by atoms with E-state index in [0.29, 0.717) is 6.54 Å². The van der Waals surface area contributed by atoms with Gasteiger partial charge in [-0.15, -0.1) is 0 Å². The highest BCUT2D eigenvalue weighted by atomic mass is 19.3. The van der Waals surface area contributed by atoms with Crippen molar-refractivity contribution in [3.63, 3.8) is 0 Å². The fraction of sp³-hybridized carbons (Fsp3) is 0.538. The predicted octanol–water partition coefficient (Wildman–Crippen LogP) is 2.81. The summed E-state index contributed by atoms with van der Waals surface area (Å²) in [5, 5.41) is 3.23. The average molecular weight is 242 g/mol. The van der Waals surface area contributed by atoms with Crippen LogP contribution in [0.2, 0.25) is 0 Å². The highest BCUT2D eigenvalue weighted by molar-refractivity contribution is 5.54. The standard InChI is InChI=1S/C13H20F2N2/c1-4-16-8-11-7-10(2)5-6-12(11)17(3)9-13(14)15/h5-7,13,16H,4,8-9H2,1-3H3. The van der Waals surface area contributed by atoms with Gasteiger partial charge in [-0.25, -0.2) is 8.78 Å². The zero-order valence-electron chi connectivity index (χ0n) is 10.6. The van der Waals surface area contributed by atoms with Crippen molar-refractivity contribution in [2.45, 2.75) is 26.8 Å². The average Bonchev–Trinajstić information content (AvgIpc) is 2.25. The summed E-state index contributed by atoms with van der Waals surface area (Å²) in [5.41, 5.74) is 3.08. The molecule has 4 heteroatoms. The van der Waals surface area contributed by atoms with Crippen LogP contribution in [0.5, 0.6) is 0 Å². The number of benzene rings is 1. The molecule has 1 aromatic rings. The van der Waals surface area contributed by atoms with Crippen LogP contribution in [-0.4, -0.2) is 26.6 Å². The van der Waals surface area contributed by atoms with Crippen molar-refractivity contribution in [1.29, 1.82) is 0 Å². The summed E-state index contributed by atoms with van der Waals surface area (Å²) < 4.78 is 24.8. The number of alkyl halides is 2. The van der Waals surface area contributed by atoms with Crippen LogP contribution in [0.4, 0.5) is 14.5 Å². The van der Waals surface area contributed by atoms with Crippen molar-refractivity contribution in [1.82, 2.24) is 5.32 Å². The molecular weight excluding hydrogens is 222 g/mol. The number of nitrogens with one attached hydrogen (secondary N) is 1. The minimum absolute atomic E-state index is 0.234. The maximum atomic E-state index is 12.4. The lowest BCUT2D eigenvalue weighted by atomic mass is 10.1. The number of hydrogen-bond acceptors (Lipinski definition) is 2. The maximum Gasteiger partial charge on any atom is 0.255 e. The molecule has 17 heavy (non-hydrogen) atoms. The summed E-state index contributed by atoms with van der Waals surface area (Å²) in [7, 11) is 1.70. The van der Waals surface area contributed by atoms with Crippen LogP contribution in [0.25, 0.3) is 0 Å². The van der Waals surface area contributed by atoms with Gasteiger partial charge in [0, 0.05) is 19.3 Å². The molecule has 0 saturated heterocycles. The molecule has 1 aromatic carbocycles. The number of anilines is 1. The summed E-state index contributed by atoms with van der Waals surface area (Å²) >= 11 is 0. The Morgan fingerprint density at radius 1 is 1.35 bits per heavy atom. The summed E-state index contributed by atoms with van der Waals surface area (Å²) in [5.74, 6) is 0. The molecule has 0 aliphatic rings. The van der Waals surface area contributed by atoms with E-state index >= 15 is 0 Å². The monoisotopic (exact) mass is 242 g/mol. The largest absolute Gasteiger partial charge is 0.369 e. The molecule has 0 radical (unpaired) electrons. The Bertz CT molecular complexity index is 353. The Labute approximate surface area is 102 Å². The van der Waals surface area contributed by atoms with Crippen molar-refractivity contribution in [2.24, 2.45) is 0 Å². The van der Waals surface area contributed by atoms with E-state index in [1.807, 2.05) is 32.0 Å². The van der Waals surface area contributed by atoms with E-state index in [1.165, 1.54) is 0 Å². The van der Waals surface area contributed by atoms with Gasteiger partial charge in [-0.3, -0.25) is 0 Å². The topological polar surface area (TPSA) is 15.3 Å². The number of halogens is 2. The third kappa shape index (κ3) is 4.30. The fourth-order valence-electron chi connectivity index (χ4n) is 1.79. The van der Waals surface area contributed by atoms with Crippen LogP contribution < -0.4 is 10.2 Å². The first-order valence-corrected chi connectivity index (χ1v) is 5.84. The Morgan fingerprint density at radius 2 is 2.06 bits per heavy atom. The fourth-order valence-corrected chi connectivity index (χ4v) is 1.79. The molecule has 2 nitrogen and oxygen atoms in total. The zero-order valence-corrected chi connectivity index (χ0v) is 10.6. The van der Waals surface area contributed by atoms with Crippen LogP contribution in [0.3, 0.4) is 0 Å². The van der Waals surface area contributed by atoms with Gasteiger partial charge in [-0.1, -0.05) is 24.6 Å². The van der Waals surface area contributed by atoms with E-state index < -0.39 is 6.43 Å². The molecule has 1 rings (SSSR count). The minimum atomic E-state index is -2.31. The van der Waals surface area contributed by atoms with Crippen molar-refractivity contribution >= 4 is 5.69 Å². The molecule has 0 spiro atoms. The Balaban J connectivity index is 2.88. The third-order valence-corrected chi connectivity index (χ3v) is 2.62. The number of nitrogens with zero attached hydrogens (tertiary/aromatic N) is 1. The van der Waals surface area contributed by atoms with Crippen LogP contribution >= 0.6 is 0 Å². The molecule has 0 bridgehead atoms. The molecule has 0 aliphatic heterocycles. The second-order valence-electron chi connectivity index (χ2n) is 4.18. The normalized spacial score (nSPS) is 10.9. The van der Waals surface area contributed by atoms with Crippen LogP contribution in [0.1, 0.15) is 18.1 Å². The molecule has 0 aromatic heterocycles. The number of hydrogen-bond donors (Lipinski definition) is 1. The molecule has 1 N–H and O–H groups in total.